The summed E-state index contributed by atoms with van der Waals surface area (Å²) < 4.78 is 9.96. The zero-order chi connectivity index (χ0) is 22.2. The highest BCUT2D eigenvalue weighted by atomic mass is 16.5. The van der Waals surface area contributed by atoms with Crippen LogP contribution in [0.2, 0.25) is 0 Å². The smallest absolute Gasteiger partial charge is 0.311 e. The summed E-state index contributed by atoms with van der Waals surface area (Å²) in [4.78, 5) is 22.5. The molecular formula is C26H26N4O2. The van der Waals surface area contributed by atoms with Gasteiger partial charge in [-0.05, 0) is 44.0 Å². The minimum Gasteiger partial charge on any atom is -0.424 e. The van der Waals surface area contributed by atoms with E-state index in [1.807, 2.05) is 35.9 Å². The van der Waals surface area contributed by atoms with E-state index in [1.54, 1.807) is 0 Å². The first-order chi connectivity index (χ1) is 15.6. The highest BCUT2D eigenvalue weighted by molar-refractivity contribution is 6.01. The van der Waals surface area contributed by atoms with E-state index in [1.165, 1.54) is 5.56 Å². The molecule has 6 nitrogen and oxygen atoms in total. The third kappa shape index (κ3) is 3.32. The van der Waals surface area contributed by atoms with E-state index in [0.29, 0.717) is 12.2 Å². The van der Waals surface area contributed by atoms with Crippen LogP contribution in [0, 0.1) is 6.92 Å². The number of para-hydroxylation sites is 2. The molecule has 3 aromatic heterocycles. The Hall–Kier alpha value is -3.67. The number of ether oxygens (including phenoxy) is 1. The summed E-state index contributed by atoms with van der Waals surface area (Å²) in [5.41, 5.74) is 5.57. The molecule has 0 N–H and O–H groups in total. The van der Waals surface area contributed by atoms with Crippen molar-refractivity contribution in [1.29, 1.82) is 0 Å². The van der Waals surface area contributed by atoms with Gasteiger partial charge in [0.2, 0.25) is 0 Å². The molecule has 6 heteroatoms. The Balaban J connectivity index is 1.87. The number of nitrogens with zero attached hydrogens (tertiary/aromatic N) is 4. The summed E-state index contributed by atoms with van der Waals surface area (Å²) >= 11 is 0. The van der Waals surface area contributed by atoms with E-state index >= 15 is 0 Å². The molecule has 0 unspecified atom stereocenters. The topological polar surface area (TPSA) is 61.4 Å². The van der Waals surface area contributed by atoms with E-state index in [9.17, 15) is 4.79 Å². The van der Waals surface area contributed by atoms with Gasteiger partial charge in [0, 0.05) is 18.5 Å². The first-order valence-electron chi connectivity index (χ1n) is 11.2. The van der Waals surface area contributed by atoms with Gasteiger partial charge in [-0.2, -0.15) is 0 Å². The SMILES string of the molecule is CCCC(=O)Oc1cn(-c2ccc(C)cc2)c2nc(CCC)n3c4ccccc4nc3c12. The Morgan fingerprint density at radius 2 is 1.75 bits per heavy atom. The zero-order valence-electron chi connectivity index (χ0n) is 18.6. The molecule has 0 spiro atoms. The van der Waals surface area contributed by atoms with Gasteiger partial charge in [-0.1, -0.05) is 43.7 Å². The zero-order valence-corrected chi connectivity index (χ0v) is 18.6. The Morgan fingerprint density at radius 1 is 0.969 bits per heavy atom. The van der Waals surface area contributed by atoms with Crippen LogP contribution in [0.5, 0.6) is 5.75 Å². The Labute approximate surface area is 186 Å². The second-order valence-corrected chi connectivity index (χ2v) is 8.16. The molecule has 32 heavy (non-hydrogen) atoms. The molecule has 0 saturated carbocycles. The average molecular weight is 427 g/mol. The summed E-state index contributed by atoms with van der Waals surface area (Å²) in [6, 6.07) is 16.3. The van der Waals surface area contributed by atoms with Crippen molar-refractivity contribution >= 4 is 33.7 Å². The lowest BCUT2D eigenvalue weighted by molar-refractivity contribution is -0.134. The van der Waals surface area contributed by atoms with Gasteiger partial charge in [0.25, 0.3) is 0 Å². The molecule has 0 aliphatic carbocycles. The summed E-state index contributed by atoms with van der Waals surface area (Å²) in [7, 11) is 0. The molecule has 0 aliphatic rings. The van der Waals surface area contributed by atoms with Crippen LogP contribution in [0.25, 0.3) is 33.4 Å². The van der Waals surface area contributed by atoms with Crippen LogP contribution in [0.1, 0.15) is 44.5 Å². The van der Waals surface area contributed by atoms with Crippen LogP contribution < -0.4 is 4.74 Å². The van der Waals surface area contributed by atoms with Gasteiger partial charge in [0.15, 0.2) is 17.0 Å². The number of hydrogen-bond acceptors (Lipinski definition) is 4. The number of benzene rings is 2. The van der Waals surface area contributed by atoms with E-state index in [4.69, 9.17) is 14.7 Å². The fraction of sp³-hybridized carbons (Fsp3) is 0.269. The number of rotatable bonds is 6. The van der Waals surface area contributed by atoms with Crippen LogP contribution >= 0.6 is 0 Å². The molecule has 0 aliphatic heterocycles. The average Bonchev–Trinajstić information content (AvgIpc) is 3.33. The van der Waals surface area contributed by atoms with Gasteiger partial charge in [-0.3, -0.25) is 13.8 Å². The molecule has 5 rings (SSSR count). The minimum absolute atomic E-state index is 0.248. The molecule has 0 atom stereocenters. The Kier molecular flexibility index (Phi) is 5.13. The molecule has 2 aromatic carbocycles. The molecule has 0 fully saturated rings. The first-order valence-corrected chi connectivity index (χ1v) is 11.2. The predicted molar refractivity (Wildman–Crippen MR) is 127 cm³/mol. The van der Waals surface area contributed by atoms with Crippen LogP contribution in [-0.2, 0) is 11.2 Å². The summed E-state index contributed by atoms with van der Waals surface area (Å²) in [6.07, 6.45) is 4.74. The number of carbonyl (C=O) groups excluding carboxylic acids is 1. The highest BCUT2D eigenvalue weighted by Gasteiger charge is 2.22. The lowest BCUT2D eigenvalue weighted by atomic mass is 10.2. The molecule has 3 heterocycles. The summed E-state index contributed by atoms with van der Waals surface area (Å²) in [5.74, 6) is 1.19. The van der Waals surface area contributed by atoms with Crippen molar-refractivity contribution in [3.8, 4) is 11.4 Å². The van der Waals surface area contributed by atoms with Crippen molar-refractivity contribution in [3.63, 3.8) is 0 Å². The number of aromatic nitrogens is 4. The Bertz CT molecular complexity index is 1440. The largest absolute Gasteiger partial charge is 0.424 e. The summed E-state index contributed by atoms with van der Waals surface area (Å²) in [5, 5.41) is 0.756. The lowest BCUT2D eigenvalue weighted by Gasteiger charge is -2.09. The van der Waals surface area contributed by atoms with E-state index < -0.39 is 0 Å². The van der Waals surface area contributed by atoms with Gasteiger partial charge in [0.1, 0.15) is 11.2 Å². The van der Waals surface area contributed by atoms with Crippen molar-refractivity contribution in [2.75, 3.05) is 0 Å². The van der Waals surface area contributed by atoms with Gasteiger partial charge >= 0.3 is 5.97 Å². The second kappa shape index (κ2) is 8.11. The van der Waals surface area contributed by atoms with Crippen molar-refractivity contribution < 1.29 is 9.53 Å². The monoisotopic (exact) mass is 426 g/mol. The number of carbonyl (C=O) groups is 1. The molecular weight excluding hydrogens is 400 g/mol. The van der Waals surface area contributed by atoms with E-state index in [-0.39, 0.29) is 5.97 Å². The van der Waals surface area contributed by atoms with E-state index in [0.717, 1.165) is 58.5 Å². The number of hydrogen-bond donors (Lipinski definition) is 0. The highest BCUT2D eigenvalue weighted by Crippen LogP contribution is 2.35. The molecule has 162 valence electrons. The van der Waals surface area contributed by atoms with Crippen LogP contribution in [0.4, 0.5) is 0 Å². The van der Waals surface area contributed by atoms with Crippen molar-refractivity contribution in [3.05, 3.63) is 66.1 Å². The maximum atomic E-state index is 12.4. The fourth-order valence-electron chi connectivity index (χ4n) is 4.17. The third-order valence-electron chi connectivity index (χ3n) is 5.69. The van der Waals surface area contributed by atoms with Gasteiger partial charge < -0.3 is 4.74 Å². The number of esters is 1. The molecule has 0 amide bonds. The standard InChI is InChI=1S/C26H26N4O2/c1-4-8-22-28-25-24(26-27-19-10-6-7-11-20(19)30(22)26)21(32-23(31)9-5-2)16-29(25)18-14-12-17(3)13-15-18/h6-7,10-16H,4-5,8-9H2,1-3H3. The maximum Gasteiger partial charge on any atom is 0.311 e. The number of fused-ring (bicyclic) bond motifs is 5. The fourth-order valence-corrected chi connectivity index (χ4v) is 4.17. The molecule has 0 saturated heterocycles. The van der Waals surface area contributed by atoms with Gasteiger partial charge in [-0.15, -0.1) is 0 Å². The molecule has 0 radical (unpaired) electrons. The normalized spacial score (nSPS) is 11.6. The van der Waals surface area contributed by atoms with Crippen LogP contribution in [0.3, 0.4) is 0 Å². The van der Waals surface area contributed by atoms with Crippen molar-refractivity contribution in [2.24, 2.45) is 0 Å². The lowest BCUT2D eigenvalue weighted by Crippen LogP contribution is -2.07. The van der Waals surface area contributed by atoms with E-state index in [2.05, 4.69) is 48.6 Å². The molecule has 5 aromatic rings. The quantitative estimate of drug-likeness (QED) is 0.322. The maximum absolute atomic E-state index is 12.4. The van der Waals surface area contributed by atoms with Crippen molar-refractivity contribution in [2.45, 2.75) is 46.5 Å². The minimum atomic E-state index is -0.248. The number of imidazole rings is 1. The second-order valence-electron chi connectivity index (χ2n) is 8.16. The van der Waals surface area contributed by atoms with Gasteiger partial charge in [-0.25, -0.2) is 9.97 Å². The molecule has 0 bridgehead atoms. The van der Waals surface area contributed by atoms with Crippen LogP contribution in [0.15, 0.2) is 54.7 Å². The predicted octanol–water partition coefficient (Wildman–Crippen LogP) is 5.79. The first kappa shape index (κ1) is 20.2. The van der Waals surface area contributed by atoms with Crippen molar-refractivity contribution in [1.82, 2.24) is 18.9 Å². The Morgan fingerprint density at radius 3 is 2.50 bits per heavy atom. The summed E-state index contributed by atoms with van der Waals surface area (Å²) in [6.45, 7) is 6.18. The van der Waals surface area contributed by atoms with Crippen LogP contribution in [-0.4, -0.2) is 24.9 Å². The third-order valence-corrected chi connectivity index (χ3v) is 5.69. The number of aryl methyl sites for hydroxylation is 2. The van der Waals surface area contributed by atoms with Gasteiger partial charge in [0.05, 0.1) is 17.2 Å².